The van der Waals surface area contributed by atoms with Crippen LogP contribution in [-0.2, 0) is 20.8 Å². The molecule has 2 fully saturated rings. The molecular formula is C26H29ClN4O4S. The minimum Gasteiger partial charge on any atom is -0.375 e. The Kier molecular flexibility index (Phi) is 7.39. The second-order valence-electron chi connectivity index (χ2n) is 9.59. The molecule has 0 radical (unpaired) electrons. The summed E-state index contributed by atoms with van der Waals surface area (Å²) in [6, 6.07) is 15.5. The highest BCUT2D eigenvalue weighted by Gasteiger charge is 2.51. The molecule has 3 aromatic rings. The van der Waals surface area contributed by atoms with Crippen LogP contribution in [0.25, 0.3) is 11.3 Å². The number of carbonyl (C=O) groups excluding carboxylic acids is 1. The van der Waals surface area contributed by atoms with Crippen LogP contribution in [0.15, 0.2) is 53.9 Å². The summed E-state index contributed by atoms with van der Waals surface area (Å²) in [7, 11) is 0. The number of aliphatic hydroxyl groups excluding tert-OH is 1. The van der Waals surface area contributed by atoms with E-state index in [0.717, 1.165) is 35.2 Å². The normalized spacial score (nSPS) is 24.6. The zero-order valence-electron chi connectivity index (χ0n) is 20.1. The third-order valence-corrected chi connectivity index (χ3v) is 7.36. The molecule has 3 heterocycles. The monoisotopic (exact) mass is 528 g/mol. The van der Waals surface area contributed by atoms with E-state index in [2.05, 4.69) is 14.9 Å². The van der Waals surface area contributed by atoms with E-state index < -0.39 is 24.2 Å². The van der Waals surface area contributed by atoms with Gasteiger partial charge in [0.05, 0.1) is 0 Å². The molecule has 2 saturated heterocycles. The van der Waals surface area contributed by atoms with Gasteiger partial charge < -0.3 is 19.9 Å². The Labute approximate surface area is 219 Å². The lowest BCUT2D eigenvalue weighted by atomic mass is 10.0. The van der Waals surface area contributed by atoms with Crippen molar-refractivity contribution in [2.45, 2.75) is 63.5 Å². The van der Waals surface area contributed by atoms with Gasteiger partial charge in [0.1, 0.15) is 18.0 Å². The summed E-state index contributed by atoms with van der Waals surface area (Å²) in [5, 5.41) is 21.0. The molecule has 8 nitrogen and oxygen atoms in total. The van der Waals surface area contributed by atoms with Gasteiger partial charge in [-0.15, -0.1) is 5.10 Å². The maximum Gasteiger partial charge on any atom is 0.252 e. The molecule has 0 spiro atoms. The standard InChI is InChI=1S/C26H29ClN4O4S/c1-26(2)34-22(24(32)28-14-16-8-10-17(11-9-16)20-15-36-30-29-20)23(35-26)25(33)31-12-4-7-21(31)18-5-3-6-19(27)13-18/h3,5-6,8-11,13,15,21-23,25,33H,4,7,12,14H2,1-2H3,(H,28,32)/t21?,22-,23-,25?/m1/s1. The summed E-state index contributed by atoms with van der Waals surface area (Å²) in [6.07, 6.45) is -0.983. The average molecular weight is 529 g/mol. The first-order valence-electron chi connectivity index (χ1n) is 12.0. The van der Waals surface area contributed by atoms with Gasteiger partial charge in [0.2, 0.25) is 0 Å². The highest BCUT2D eigenvalue weighted by atomic mass is 35.5. The number of hydrogen-bond acceptors (Lipinski definition) is 8. The summed E-state index contributed by atoms with van der Waals surface area (Å²) in [5.41, 5.74) is 3.77. The number of carbonyl (C=O) groups is 1. The summed E-state index contributed by atoms with van der Waals surface area (Å²) >= 11 is 7.52. The molecule has 2 aliphatic heterocycles. The summed E-state index contributed by atoms with van der Waals surface area (Å²) < 4.78 is 15.9. The van der Waals surface area contributed by atoms with Gasteiger partial charge in [-0.3, -0.25) is 9.69 Å². The average Bonchev–Trinajstić information content (AvgIpc) is 3.62. The lowest BCUT2D eigenvalue weighted by Crippen LogP contribution is -2.51. The smallest absolute Gasteiger partial charge is 0.252 e. The molecule has 0 bridgehead atoms. The van der Waals surface area contributed by atoms with E-state index in [0.29, 0.717) is 18.1 Å². The molecule has 2 aromatic carbocycles. The fourth-order valence-corrected chi connectivity index (χ4v) is 5.61. The lowest BCUT2D eigenvalue weighted by molar-refractivity contribution is -0.171. The van der Waals surface area contributed by atoms with Crippen molar-refractivity contribution in [1.29, 1.82) is 0 Å². The zero-order valence-corrected chi connectivity index (χ0v) is 21.7. The number of rotatable bonds is 7. The van der Waals surface area contributed by atoms with E-state index in [1.54, 1.807) is 13.8 Å². The molecule has 0 aliphatic carbocycles. The molecule has 10 heteroatoms. The molecule has 2 aliphatic rings. The second-order valence-corrected chi connectivity index (χ2v) is 10.6. The Morgan fingerprint density at radius 3 is 2.81 bits per heavy atom. The number of nitrogens with one attached hydrogen (secondary N) is 1. The van der Waals surface area contributed by atoms with Crippen LogP contribution in [0.1, 0.15) is 43.9 Å². The molecule has 0 saturated carbocycles. The first-order chi connectivity index (χ1) is 17.3. The van der Waals surface area contributed by atoms with Crippen molar-refractivity contribution < 1.29 is 19.4 Å². The van der Waals surface area contributed by atoms with Crippen LogP contribution in [0.2, 0.25) is 5.02 Å². The third-order valence-electron chi connectivity index (χ3n) is 6.63. The number of ether oxygens (including phenoxy) is 2. The zero-order chi connectivity index (χ0) is 25.3. The number of halogens is 1. The Hall–Kier alpha value is -2.40. The lowest BCUT2D eigenvalue weighted by Gasteiger charge is -2.34. The summed E-state index contributed by atoms with van der Waals surface area (Å²) in [4.78, 5) is 15.2. The van der Waals surface area contributed by atoms with Crippen molar-refractivity contribution in [3.63, 3.8) is 0 Å². The highest BCUT2D eigenvalue weighted by molar-refractivity contribution is 7.03. The number of amides is 1. The Balaban J connectivity index is 1.26. The number of aliphatic hydroxyl groups is 1. The van der Waals surface area contributed by atoms with Crippen molar-refractivity contribution in [1.82, 2.24) is 19.8 Å². The maximum absolute atomic E-state index is 13.2. The van der Waals surface area contributed by atoms with Crippen molar-refractivity contribution in [3.8, 4) is 11.3 Å². The molecule has 36 heavy (non-hydrogen) atoms. The highest BCUT2D eigenvalue weighted by Crippen LogP contribution is 2.38. The van der Waals surface area contributed by atoms with Gasteiger partial charge in [-0.1, -0.05) is 52.5 Å². The van der Waals surface area contributed by atoms with Gasteiger partial charge in [-0.25, -0.2) is 0 Å². The van der Waals surface area contributed by atoms with Crippen LogP contribution >= 0.6 is 23.1 Å². The number of hydrogen-bond donors (Lipinski definition) is 2. The summed E-state index contributed by atoms with van der Waals surface area (Å²) in [5.74, 6) is -1.32. The Morgan fingerprint density at radius 2 is 2.08 bits per heavy atom. The molecule has 4 atom stereocenters. The minimum absolute atomic E-state index is 0.0128. The molecule has 2 unspecified atom stereocenters. The fraction of sp³-hybridized carbons (Fsp3) is 0.423. The predicted molar refractivity (Wildman–Crippen MR) is 137 cm³/mol. The van der Waals surface area contributed by atoms with Gasteiger partial charge >= 0.3 is 0 Å². The van der Waals surface area contributed by atoms with Crippen molar-refractivity contribution in [3.05, 3.63) is 70.1 Å². The van der Waals surface area contributed by atoms with E-state index >= 15 is 0 Å². The van der Waals surface area contributed by atoms with Crippen LogP contribution in [0.4, 0.5) is 0 Å². The fourth-order valence-electron chi connectivity index (χ4n) is 4.95. The molecular weight excluding hydrogens is 500 g/mol. The van der Waals surface area contributed by atoms with Crippen LogP contribution in [0.3, 0.4) is 0 Å². The van der Waals surface area contributed by atoms with Gasteiger partial charge in [-0.2, -0.15) is 0 Å². The second kappa shape index (κ2) is 10.5. The molecule has 5 rings (SSSR count). The number of nitrogens with zero attached hydrogens (tertiary/aromatic N) is 3. The van der Waals surface area contributed by atoms with Crippen LogP contribution in [0, 0.1) is 0 Å². The van der Waals surface area contributed by atoms with Crippen molar-refractivity contribution >= 4 is 29.0 Å². The first kappa shape index (κ1) is 25.3. The predicted octanol–water partition coefficient (Wildman–Crippen LogP) is 4.15. The molecule has 1 aromatic heterocycles. The number of aromatic nitrogens is 2. The van der Waals surface area contributed by atoms with E-state index in [1.807, 2.05) is 58.8 Å². The quantitative estimate of drug-likeness (QED) is 0.475. The van der Waals surface area contributed by atoms with Crippen LogP contribution < -0.4 is 5.32 Å². The Morgan fingerprint density at radius 1 is 1.28 bits per heavy atom. The number of benzene rings is 2. The van der Waals surface area contributed by atoms with Gasteiger partial charge in [0, 0.05) is 35.1 Å². The van der Waals surface area contributed by atoms with E-state index in [1.165, 1.54) is 11.5 Å². The van der Waals surface area contributed by atoms with Crippen LogP contribution in [-0.4, -0.2) is 56.3 Å². The maximum atomic E-state index is 13.2. The third kappa shape index (κ3) is 5.46. The summed E-state index contributed by atoms with van der Waals surface area (Å²) in [6.45, 7) is 4.52. The molecule has 2 N–H and O–H groups in total. The van der Waals surface area contributed by atoms with E-state index in [4.69, 9.17) is 21.1 Å². The topological polar surface area (TPSA) is 96.8 Å². The van der Waals surface area contributed by atoms with E-state index in [-0.39, 0.29) is 11.9 Å². The Bertz CT molecular complexity index is 1190. The van der Waals surface area contributed by atoms with Gasteiger partial charge in [-0.05, 0) is 61.5 Å². The first-order valence-corrected chi connectivity index (χ1v) is 13.2. The SMILES string of the molecule is CC1(C)O[C@@H](C(=O)NCc2ccc(-c3csnn3)cc2)[C@H](C(O)N2CCCC2c2cccc(Cl)c2)O1. The van der Waals surface area contributed by atoms with Crippen molar-refractivity contribution in [2.75, 3.05) is 6.54 Å². The largest absolute Gasteiger partial charge is 0.375 e. The number of likely N-dealkylation sites (tertiary alicyclic amines) is 1. The molecule has 190 valence electrons. The molecule has 1 amide bonds. The van der Waals surface area contributed by atoms with E-state index in [9.17, 15) is 9.90 Å². The van der Waals surface area contributed by atoms with Crippen molar-refractivity contribution in [2.24, 2.45) is 0 Å². The minimum atomic E-state index is -1.01. The van der Waals surface area contributed by atoms with Gasteiger partial charge in [0.25, 0.3) is 5.91 Å². The van der Waals surface area contributed by atoms with Crippen LogP contribution in [0.5, 0.6) is 0 Å². The van der Waals surface area contributed by atoms with Gasteiger partial charge in [0.15, 0.2) is 11.9 Å².